The van der Waals surface area contributed by atoms with Crippen LogP contribution in [0.3, 0.4) is 0 Å². The number of fused-ring (bicyclic) bond motifs is 1. The SMILES string of the molecule is Cc1cnc(C(C)NC2CCCc3sccc32)o1. The topological polar surface area (TPSA) is 38.1 Å². The van der Waals surface area contributed by atoms with E-state index < -0.39 is 0 Å². The van der Waals surface area contributed by atoms with Crippen LogP contribution < -0.4 is 5.32 Å². The molecule has 2 heterocycles. The highest BCUT2D eigenvalue weighted by Crippen LogP contribution is 2.34. The summed E-state index contributed by atoms with van der Waals surface area (Å²) in [6.45, 7) is 4.05. The lowest BCUT2D eigenvalue weighted by atomic mass is 9.93. The van der Waals surface area contributed by atoms with Gasteiger partial charge in [0.05, 0.1) is 12.2 Å². The van der Waals surface area contributed by atoms with Crippen LogP contribution in [0.4, 0.5) is 0 Å². The van der Waals surface area contributed by atoms with Gasteiger partial charge in [-0.15, -0.1) is 11.3 Å². The first-order chi connectivity index (χ1) is 8.74. The predicted molar refractivity (Wildman–Crippen MR) is 72.8 cm³/mol. The second kappa shape index (κ2) is 4.86. The van der Waals surface area contributed by atoms with Crippen molar-refractivity contribution >= 4 is 11.3 Å². The number of aryl methyl sites for hydroxylation is 2. The van der Waals surface area contributed by atoms with E-state index in [1.165, 1.54) is 29.7 Å². The zero-order valence-electron chi connectivity index (χ0n) is 10.8. The monoisotopic (exact) mass is 262 g/mol. The lowest BCUT2D eigenvalue weighted by Crippen LogP contribution is -2.27. The molecular weight excluding hydrogens is 244 g/mol. The van der Waals surface area contributed by atoms with E-state index >= 15 is 0 Å². The molecule has 2 unspecified atom stereocenters. The average molecular weight is 262 g/mol. The lowest BCUT2D eigenvalue weighted by Gasteiger charge is -2.26. The van der Waals surface area contributed by atoms with E-state index in [-0.39, 0.29) is 6.04 Å². The number of rotatable bonds is 3. The molecule has 0 saturated heterocycles. The number of hydrogen-bond acceptors (Lipinski definition) is 4. The number of thiophene rings is 1. The molecule has 0 spiro atoms. The van der Waals surface area contributed by atoms with Crippen LogP contribution in [0.1, 0.15) is 53.9 Å². The third kappa shape index (κ3) is 2.22. The molecule has 0 radical (unpaired) electrons. The van der Waals surface area contributed by atoms with Gasteiger partial charge in [-0.25, -0.2) is 4.98 Å². The Morgan fingerprint density at radius 1 is 1.56 bits per heavy atom. The number of aromatic nitrogens is 1. The highest BCUT2D eigenvalue weighted by Gasteiger charge is 2.24. The molecule has 96 valence electrons. The Hall–Kier alpha value is -1.13. The minimum Gasteiger partial charge on any atom is -0.444 e. The van der Waals surface area contributed by atoms with Crippen LogP contribution >= 0.6 is 11.3 Å². The molecule has 0 saturated carbocycles. The van der Waals surface area contributed by atoms with E-state index in [1.807, 2.05) is 18.3 Å². The fourth-order valence-corrected chi connectivity index (χ4v) is 3.59. The Kier molecular flexibility index (Phi) is 3.22. The Balaban J connectivity index is 1.74. The van der Waals surface area contributed by atoms with Crippen LogP contribution in [0.2, 0.25) is 0 Å². The minimum atomic E-state index is 0.162. The van der Waals surface area contributed by atoms with Gasteiger partial charge in [-0.1, -0.05) is 0 Å². The van der Waals surface area contributed by atoms with E-state index in [0.29, 0.717) is 6.04 Å². The van der Waals surface area contributed by atoms with Gasteiger partial charge in [0.15, 0.2) is 0 Å². The fourth-order valence-electron chi connectivity index (χ4n) is 2.60. The molecule has 18 heavy (non-hydrogen) atoms. The summed E-state index contributed by atoms with van der Waals surface area (Å²) in [5.74, 6) is 1.66. The normalized spacial score (nSPS) is 20.7. The van der Waals surface area contributed by atoms with Crippen molar-refractivity contribution in [1.29, 1.82) is 0 Å². The molecule has 0 amide bonds. The van der Waals surface area contributed by atoms with Crippen molar-refractivity contribution < 1.29 is 4.42 Å². The van der Waals surface area contributed by atoms with Crippen LogP contribution in [0.25, 0.3) is 0 Å². The summed E-state index contributed by atoms with van der Waals surface area (Å²) >= 11 is 1.88. The molecule has 3 rings (SSSR count). The van der Waals surface area contributed by atoms with Gasteiger partial charge in [-0.2, -0.15) is 0 Å². The van der Waals surface area contributed by atoms with E-state index in [0.717, 1.165) is 11.7 Å². The Labute approximate surface area is 111 Å². The molecule has 1 aliphatic carbocycles. The van der Waals surface area contributed by atoms with Crippen molar-refractivity contribution in [3.8, 4) is 0 Å². The largest absolute Gasteiger partial charge is 0.444 e. The molecule has 4 heteroatoms. The summed E-state index contributed by atoms with van der Waals surface area (Å²) in [5.41, 5.74) is 1.47. The maximum absolute atomic E-state index is 5.59. The number of hydrogen-bond donors (Lipinski definition) is 1. The van der Waals surface area contributed by atoms with Gasteiger partial charge in [0, 0.05) is 10.9 Å². The molecule has 0 fully saturated rings. The van der Waals surface area contributed by atoms with Gasteiger partial charge in [-0.3, -0.25) is 5.32 Å². The number of nitrogens with one attached hydrogen (secondary N) is 1. The second-order valence-corrected chi connectivity index (χ2v) is 5.94. The van der Waals surface area contributed by atoms with Crippen LogP contribution in [0, 0.1) is 6.92 Å². The molecule has 2 aromatic heterocycles. The van der Waals surface area contributed by atoms with Crippen LogP contribution in [-0.2, 0) is 6.42 Å². The molecule has 2 atom stereocenters. The van der Waals surface area contributed by atoms with Crippen molar-refractivity contribution in [2.45, 2.75) is 45.2 Å². The van der Waals surface area contributed by atoms with Crippen molar-refractivity contribution in [2.24, 2.45) is 0 Å². The predicted octanol–water partition coefficient (Wildman–Crippen LogP) is 3.77. The Morgan fingerprint density at radius 3 is 3.22 bits per heavy atom. The molecule has 2 aromatic rings. The van der Waals surface area contributed by atoms with E-state index in [4.69, 9.17) is 4.42 Å². The third-order valence-electron chi connectivity index (χ3n) is 3.51. The Bertz CT molecular complexity index is 531. The zero-order valence-corrected chi connectivity index (χ0v) is 11.6. The van der Waals surface area contributed by atoms with Gasteiger partial charge in [0.25, 0.3) is 0 Å². The molecule has 0 bridgehead atoms. The van der Waals surface area contributed by atoms with Gasteiger partial charge >= 0.3 is 0 Å². The third-order valence-corrected chi connectivity index (χ3v) is 4.51. The molecule has 3 nitrogen and oxygen atoms in total. The van der Waals surface area contributed by atoms with Crippen molar-refractivity contribution in [3.05, 3.63) is 39.7 Å². The van der Waals surface area contributed by atoms with Crippen molar-refractivity contribution in [3.63, 3.8) is 0 Å². The average Bonchev–Trinajstić information content (AvgIpc) is 2.97. The maximum Gasteiger partial charge on any atom is 0.211 e. The number of nitrogens with zero attached hydrogens (tertiary/aromatic N) is 1. The van der Waals surface area contributed by atoms with Crippen LogP contribution in [0.15, 0.2) is 22.1 Å². The van der Waals surface area contributed by atoms with Crippen LogP contribution in [0.5, 0.6) is 0 Å². The van der Waals surface area contributed by atoms with Gasteiger partial charge < -0.3 is 4.42 Å². The second-order valence-electron chi connectivity index (χ2n) is 4.94. The summed E-state index contributed by atoms with van der Waals surface area (Å²) in [6, 6.07) is 2.86. The van der Waals surface area contributed by atoms with E-state index in [9.17, 15) is 0 Å². The van der Waals surface area contributed by atoms with Gasteiger partial charge in [0.2, 0.25) is 5.89 Å². The number of oxazole rings is 1. The van der Waals surface area contributed by atoms with Crippen LogP contribution in [-0.4, -0.2) is 4.98 Å². The summed E-state index contributed by atoms with van der Waals surface area (Å²) in [4.78, 5) is 5.83. The smallest absolute Gasteiger partial charge is 0.211 e. The first-order valence-corrected chi connectivity index (χ1v) is 7.36. The molecule has 1 N–H and O–H groups in total. The molecular formula is C14H18N2OS. The first-order valence-electron chi connectivity index (χ1n) is 6.48. The highest BCUT2D eigenvalue weighted by atomic mass is 32.1. The first kappa shape index (κ1) is 11.9. The van der Waals surface area contributed by atoms with E-state index in [2.05, 4.69) is 28.7 Å². The summed E-state index contributed by atoms with van der Waals surface area (Å²) in [7, 11) is 0. The van der Waals surface area contributed by atoms with E-state index in [1.54, 1.807) is 6.20 Å². The summed E-state index contributed by atoms with van der Waals surface area (Å²) in [5, 5.41) is 5.84. The zero-order chi connectivity index (χ0) is 12.5. The van der Waals surface area contributed by atoms with Gasteiger partial charge in [-0.05, 0) is 50.1 Å². The molecule has 1 aliphatic rings. The summed E-state index contributed by atoms with van der Waals surface area (Å²) < 4.78 is 5.59. The molecule has 0 aromatic carbocycles. The highest BCUT2D eigenvalue weighted by molar-refractivity contribution is 7.10. The standard InChI is InChI=1S/C14H18N2OS/c1-9-8-15-14(17-9)10(2)16-12-4-3-5-13-11(12)6-7-18-13/h6-8,10,12,16H,3-5H2,1-2H3. The lowest BCUT2D eigenvalue weighted by molar-refractivity contribution is 0.353. The minimum absolute atomic E-state index is 0.162. The Morgan fingerprint density at radius 2 is 2.44 bits per heavy atom. The molecule has 0 aliphatic heterocycles. The van der Waals surface area contributed by atoms with Gasteiger partial charge in [0.1, 0.15) is 5.76 Å². The van der Waals surface area contributed by atoms with Crippen molar-refractivity contribution in [1.82, 2.24) is 10.3 Å². The van der Waals surface area contributed by atoms with Crippen molar-refractivity contribution in [2.75, 3.05) is 0 Å². The fraction of sp³-hybridized carbons (Fsp3) is 0.500. The quantitative estimate of drug-likeness (QED) is 0.915. The summed E-state index contributed by atoms with van der Waals surface area (Å²) in [6.07, 6.45) is 5.48. The maximum atomic E-state index is 5.59.